The highest BCUT2D eigenvalue weighted by molar-refractivity contribution is 7.89. The summed E-state index contributed by atoms with van der Waals surface area (Å²) in [6.07, 6.45) is 0. The van der Waals surface area contributed by atoms with E-state index in [0.29, 0.717) is 31.8 Å². The zero-order valence-electron chi connectivity index (χ0n) is 15.1. The molecular formula is C16H26BNO6S. The Morgan fingerprint density at radius 2 is 1.64 bits per heavy atom. The number of aliphatic hydroxyl groups is 1. The molecule has 1 fully saturated rings. The summed E-state index contributed by atoms with van der Waals surface area (Å²) in [6, 6.07) is 5.92. The lowest BCUT2D eigenvalue weighted by Gasteiger charge is -2.38. The van der Waals surface area contributed by atoms with Gasteiger partial charge in [0.2, 0.25) is 10.0 Å². The van der Waals surface area contributed by atoms with Crippen molar-refractivity contribution in [2.75, 3.05) is 26.3 Å². The second-order valence-corrected chi connectivity index (χ2v) is 9.06. The first-order valence-electron chi connectivity index (χ1n) is 8.21. The molecule has 1 aromatic carbocycles. The lowest BCUT2D eigenvalue weighted by atomic mass is 9.76. The third-order valence-electron chi connectivity index (χ3n) is 4.65. The first-order chi connectivity index (χ1) is 11.4. The molecule has 1 aliphatic rings. The number of rotatable bonds is 6. The molecule has 1 aliphatic heterocycles. The molecule has 9 heteroatoms. The van der Waals surface area contributed by atoms with E-state index in [1.54, 1.807) is 27.7 Å². The fourth-order valence-electron chi connectivity index (χ4n) is 2.23. The molecule has 1 saturated heterocycles. The lowest BCUT2D eigenvalue weighted by molar-refractivity contribution is -0.0982. The molecule has 0 saturated carbocycles. The van der Waals surface area contributed by atoms with Crippen LogP contribution < -0.4 is 5.46 Å². The Morgan fingerprint density at radius 3 is 2.12 bits per heavy atom. The Kier molecular flexibility index (Phi) is 5.97. The van der Waals surface area contributed by atoms with Gasteiger partial charge < -0.3 is 19.5 Å². The van der Waals surface area contributed by atoms with Gasteiger partial charge in [-0.3, -0.25) is 0 Å². The Morgan fingerprint density at radius 1 is 1.12 bits per heavy atom. The highest BCUT2D eigenvalue weighted by atomic mass is 32.2. The summed E-state index contributed by atoms with van der Waals surface area (Å²) >= 11 is 0. The molecule has 0 spiro atoms. The van der Waals surface area contributed by atoms with E-state index in [-0.39, 0.29) is 4.90 Å². The second kappa shape index (κ2) is 7.34. The predicted octanol–water partition coefficient (Wildman–Crippen LogP) is -0.0389. The number of sulfonamides is 1. The van der Waals surface area contributed by atoms with Crippen LogP contribution in [0.25, 0.3) is 0 Å². The Balaban J connectivity index is 2.14. The average Bonchev–Trinajstić information content (AvgIpc) is 2.54. The van der Waals surface area contributed by atoms with Crippen LogP contribution in [0.15, 0.2) is 29.2 Å². The van der Waals surface area contributed by atoms with Gasteiger partial charge in [0, 0.05) is 13.1 Å². The average molecular weight is 371 g/mol. The maximum Gasteiger partial charge on any atom is 0.491 e. The summed E-state index contributed by atoms with van der Waals surface area (Å²) in [4.78, 5) is 0.159. The van der Waals surface area contributed by atoms with E-state index >= 15 is 0 Å². The van der Waals surface area contributed by atoms with Crippen molar-refractivity contribution >= 4 is 22.6 Å². The number of benzene rings is 1. The zero-order chi connectivity index (χ0) is 18.9. The number of hydrogen-bond acceptors (Lipinski definition) is 6. The van der Waals surface area contributed by atoms with Gasteiger partial charge in [0.15, 0.2) is 0 Å². The number of morpholine rings is 1. The maximum atomic E-state index is 12.6. The van der Waals surface area contributed by atoms with E-state index < -0.39 is 28.3 Å². The smallest absolute Gasteiger partial charge is 0.423 e. The highest BCUT2D eigenvalue weighted by Crippen LogP contribution is 2.25. The van der Waals surface area contributed by atoms with Gasteiger partial charge in [-0.1, -0.05) is 12.1 Å². The molecule has 0 bridgehead atoms. The second-order valence-electron chi connectivity index (χ2n) is 7.13. The SMILES string of the molecule is CC(C)(O)C(C)(C)OB(O)c1ccc(S(=O)(=O)N2CCOCC2)cc1. The zero-order valence-corrected chi connectivity index (χ0v) is 15.9. The third-order valence-corrected chi connectivity index (χ3v) is 6.57. The molecule has 0 aromatic heterocycles. The van der Waals surface area contributed by atoms with Crippen molar-refractivity contribution in [3.8, 4) is 0 Å². The molecule has 1 heterocycles. The molecule has 2 rings (SSSR count). The summed E-state index contributed by atoms with van der Waals surface area (Å²) in [5.41, 5.74) is -1.74. The molecule has 7 nitrogen and oxygen atoms in total. The standard InChI is InChI=1S/C16H26BNO6S/c1-15(2,19)16(3,4)24-17(20)13-5-7-14(8-6-13)25(21,22)18-9-11-23-12-10-18/h5-8,19-20H,9-12H2,1-4H3. The first kappa shape index (κ1) is 20.3. The van der Waals surface area contributed by atoms with Crippen molar-refractivity contribution in [1.29, 1.82) is 0 Å². The van der Waals surface area contributed by atoms with Crippen molar-refractivity contribution in [3.63, 3.8) is 0 Å². The van der Waals surface area contributed by atoms with Crippen LogP contribution in [0.4, 0.5) is 0 Å². The summed E-state index contributed by atoms with van der Waals surface area (Å²) in [6.45, 7) is 7.97. The summed E-state index contributed by atoms with van der Waals surface area (Å²) in [5, 5.41) is 20.4. The van der Waals surface area contributed by atoms with Crippen molar-refractivity contribution in [2.24, 2.45) is 0 Å². The predicted molar refractivity (Wildman–Crippen MR) is 95.1 cm³/mol. The first-order valence-corrected chi connectivity index (χ1v) is 9.65. The normalized spacial score (nSPS) is 17.5. The van der Waals surface area contributed by atoms with E-state index in [2.05, 4.69) is 0 Å². The van der Waals surface area contributed by atoms with Crippen LogP contribution >= 0.6 is 0 Å². The van der Waals surface area contributed by atoms with Gasteiger partial charge in [-0.15, -0.1) is 0 Å². The highest BCUT2D eigenvalue weighted by Gasteiger charge is 2.39. The van der Waals surface area contributed by atoms with Gasteiger partial charge in [0.1, 0.15) is 0 Å². The van der Waals surface area contributed by atoms with E-state index in [9.17, 15) is 18.5 Å². The molecule has 140 valence electrons. The van der Waals surface area contributed by atoms with Crippen LogP contribution in [0.1, 0.15) is 27.7 Å². The summed E-state index contributed by atoms with van der Waals surface area (Å²) < 4.78 is 37.3. The molecule has 2 N–H and O–H groups in total. The van der Waals surface area contributed by atoms with Gasteiger partial charge in [-0.2, -0.15) is 4.31 Å². The minimum Gasteiger partial charge on any atom is -0.423 e. The van der Waals surface area contributed by atoms with E-state index in [4.69, 9.17) is 9.39 Å². The Hall–Kier alpha value is -0.965. The fourth-order valence-corrected chi connectivity index (χ4v) is 3.64. The summed E-state index contributed by atoms with van der Waals surface area (Å²) in [5.74, 6) is 0. The van der Waals surface area contributed by atoms with Crippen LogP contribution in [0.5, 0.6) is 0 Å². The molecule has 0 radical (unpaired) electrons. The molecule has 0 unspecified atom stereocenters. The molecule has 0 amide bonds. The Bertz CT molecular complexity index is 678. The number of ether oxygens (including phenoxy) is 1. The molecule has 0 atom stereocenters. The van der Waals surface area contributed by atoms with Gasteiger partial charge in [0.25, 0.3) is 0 Å². The number of hydrogen-bond donors (Lipinski definition) is 2. The fraction of sp³-hybridized carbons (Fsp3) is 0.625. The maximum absolute atomic E-state index is 12.6. The van der Waals surface area contributed by atoms with Crippen molar-refractivity contribution in [2.45, 2.75) is 43.8 Å². The van der Waals surface area contributed by atoms with E-state index in [1.165, 1.54) is 28.6 Å². The third kappa shape index (κ3) is 4.61. The molecular weight excluding hydrogens is 345 g/mol. The topological polar surface area (TPSA) is 96.3 Å². The molecule has 25 heavy (non-hydrogen) atoms. The number of nitrogens with zero attached hydrogens (tertiary/aromatic N) is 1. The molecule has 0 aliphatic carbocycles. The minimum absolute atomic E-state index is 0.159. The van der Waals surface area contributed by atoms with Crippen LogP contribution in [-0.2, 0) is 19.4 Å². The van der Waals surface area contributed by atoms with Gasteiger partial charge in [0.05, 0.1) is 29.3 Å². The minimum atomic E-state index is -3.57. The van der Waals surface area contributed by atoms with Crippen LogP contribution in [0.3, 0.4) is 0 Å². The van der Waals surface area contributed by atoms with Crippen molar-refractivity contribution in [1.82, 2.24) is 4.31 Å². The quantitative estimate of drug-likeness (QED) is 0.682. The Labute approximate surface area is 149 Å². The van der Waals surface area contributed by atoms with Crippen LogP contribution in [0.2, 0.25) is 0 Å². The van der Waals surface area contributed by atoms with Crippen LogP contribution in [0, 0.1) is 0 Å². The molecule has 1 aromatic rings. The van der Waals surface area contributed by atoms with Gasteiger partial charge in [-0.25, -0.2) is 8.42 Å². The van der Waals surface area contributed by atoms with Crippen molar-refractivity contribution < 1.29 is 27.9 Å². The summed E-state index contributed by atoms with van der Waals surface area (Å²) in [7, 11) is -4.85. The van der Waals surface area contributed by atoms with E-state index in [1.807, 2.05) is 0 Å². The lowest BCUT2D eigenvalue weighted by Crippen LogP contribution is -2.53. The van der Waals surface area contributed by atoms with Gasteiger partial charge >= 0.3 is 7.12 Å². The van der Waals surface area contributed by atoms with E-state index in [0.717, 1.165) is 0 Å². The van der Waals surface area contributed by atoms with Gasteiger partial charge in [-0.05, 0) is 45.3 Å². The van der Waals surface area contributed by atoms with Crippen molar-refractivity contribution in [3.05, 3.63) is 24.3 Å². The monoisotopic (exact) mass is 371 g/mol. The largest absolute Gasteiger partial charge is 0.491 e. The van der Waals surface area contributed by atoms with Crippen LogP contribution in [-0.4, -0.2) is 67.5 Å².